The number of hydrogen-bond donors (Lipinski definition) is 1. The van der Waals surface area contributed by atoms with Crippen LogP contribution < -0.4 is 5.32 Å². The van der Waals surface area contributed by atoms with Crippen LogP contribution in [0.4, 0.5) is 0 Å². The molecule has 1 aliphatic rings. The van der Waals surface area contributed by atoms with Crippen molar-refractivity contribution >= 4 is 23.4 Å². The molecule has 1 nitrogen and oxygen atoms in total. The van der Waals surface area contributed by atoms with Crippen LogP contribution in [0.5, 0.6) is 0 Å². The molecule has 2 aromatic carbocycles. The van der Waals surface area contributed by atoms with E-state index >= 15 is 0 Å². The first-order valence-electron chi connectivity index (χ1n) is 7.34. The molecule has 1 aliphatic heterocycles. The highest BCUT2D eigenvalue weighted by atomic mass is 35.5. The first-order valence-corrected chi connectivity index (χ1v) is 8.71. The fraction of sp³-hybridized carbons (Fsp3) is 0.333. The standard InChI is InChI=1S/C18H20ClNS/c1-12-7-13(2)9-14(8-12)11-20-17-5-6-21-18-4-3-15(19)10-16(17)18/h3-4,7-10,17,20H,5-6,11H2,1-2H3. The Bertz CT molecular complexity index is 633. The van der Waals surface area contributed by atoms with Crippen LogP contribution in [0, 0.1) is 13.8 Å². The quantitative estimate of drug-likeness (QED) is 0.826. The monoisotopic (exact) mass is 317 g/mol. The molecular weight excluding hydrogens is 298 g/mol. The third-order valence-corrected chi connectivity index (χ3v) is 5.20. The molecule has 0 aliphatic carbocycles. The summed E-state index contributed by atoms with van der Waals surface area (Å²) in [5, 5.41) is 4.53. The van der Waals surface area contributed by atoms with Gasteiger partial charge in [0.25, 0.3) is 0 Å². The minimum Gasteiger partial charge on any atom is -0.306 e. The molecule has 110 valence electrons. The second-order valence-corrected chi connectivity index (χ2v) is 7.32. The van der Waals surface area contributed by atoms with Crippen LogP contribution in [0.1, 0.15) is 34.7 Å². The molecule has 1 unspecified atom stereocenters. The molecular formula is C18H20ClNS. The van der Waals surface area contributed by atoms with E-state index in [1.807, 2.05) is 17.8 Å². The highest BCUT2D eigenvalue weighted by molar-refractivity contribution is 7.99. The van der Waals surface area contributed by atoms with Gasteiger partial charge < -0.3 is 5.32 Å². The van der Waals surface area contributed by atoms with E-state index in [4.69, 9.17) is 11.6 Å². The first-order chi connectivity index (χ1) is 10.1. The van der Waals surface area contributed by atoms with Gasteiger partial charge in [0.2, 0.25) is 0 Å². The van der Waals surface area contributed by atoms with Gasteiger partial charge in [0, 0.05) is 22.5 Å². The zero-order valence-electron chi connectivity index (χ0n) is 12.4. The molecule has 0 bridgehead atoms. The molecule has 3 heteroatoms. The summed E-state index contributed by atoms with van der Waals surface area (Å²) in [7, 11) is 0. The summed E-state index contributed by atoms with van der Waals surface area (Å²) in [6, 6.07) is 13.4. The van der Waals surface area contributed by atoms with Crippen molar-refractivity contribution in [2.24, 2.45) is 0 Å². The maximum Gasteiger partial charge on any atom is 0.0410 e. The Morgan fingerprint density at radius 3 is 2.67 bits per heavy atom. The van der Waals surface area contributed by atoms with Crippen molar-refractivity contribution in [3.8, 4) is 0 Å². The fourth-order valence-electron chi connectivity index (χ4n) is 2.99. The average molecular weight is 318 g/mol. The Hall–Kier alpha value is -0.960. The van der Waals surface area contributed by atoms with E-state index in [1.54, 1.807) is 0 Å². The van der Waals surface area contributed by atoms with E-state index < -0.39 is 0 Å². The number of nitrogens with one attached hydrogen (secondary N) is 1. The van der Waals surface area contributed by atoms with Crippen LogP contribution in [0.2, 0.25) is 5.02 Å². The van der Waals surface area contributed by atoms with Crippen LogP contribution in [0.3, 0.4) is 0 Å². The molecule has 0 fully saturated rings. The van der Waals surface area contributed by atoms with Crippen molar-refractivity contribution in [2.75, 3.05) is 5.75 Å². The van der Waals surface area contributed by atoms with Crippen molar-refractivity contribution < 1.29 is 0 Å². The van der Waals surface area contributed by atoms with E-state index in [9.17, 15) is 0 Å². The lowest BCUT2D eigenvalue weighted by Crippen LogP contribution is -2.24. The lowest BCUT2D eigenvalue weighted by atomic mass is 10.0. The molecule has 0 aromatic heterocycles. The van der Waals surface area contributed by atoms with Crippen molar-refractivity contribution in [1.82, 2.24) is 5.32 Å². The van der Waals surface area contributed by atoms with Crippen LogP contribution in [-0.2, 0) is 6.54 Å². The number of hydrogen-bond acceptors (Lipinski definition) is 2. The predicted octanol–water partition coefficient (Wildman–Crippen LogP) is 5.28. The molecule has 0 saturated carbocycles. The number of rotatable bonds is 3. The van der Waals surface area contributed by atoms with E-state index in [2.05, 4.69) is 49.5 Å². The Labute approximate surface area is 136 Å². The predicted molar refractivity (Wildman–Crippen MR) is 92.3 cm³/mol. The Balaban J connectivity index is 1.76. The van der Waals surface area contributed by atoms with Gasteiger partial charge in [-0.15, -0.1) is 11.8 Å². The van der Waals surface area contributed by atoms with Gasteiger partial charge in [0.15, 0.2) is 0 Å². The molecule has 0 saturated heterocycles. The lowest BCUT2D eigenvalue weighted by Gasteiger charge is -2.26. The Kier molecular flexibility index (Phi) is 4.58. The molecule has 2 aromatic rings. The summed E-state index contributed by atoms with van der Waals surface area (Å²) in [5.41, 5.74) is 5.36. The molecule has 0 radical (unpaired) electrons. The fourth-order valence-corrected chi connectivity index (χ4v) is 4.28. The van der Waals surface area contributed by atoms with Crippen molar-refractivity contribution in [3.05, 3.63) is 63.7 Å². The molecule has 0 spiro atoms. The SMILES string of the molecule is Cc1cc(C)cc(CNC2CCSc3ccc(Cl)cc32)c1. The van der Waals surface area contributed by atoms with Gasteiger partial charge in [-0.25, -0.2) is 0 Å². The van der Waals surface area contributed by atoms with Crippen molar-refractivity contribution in [2.45, 2.75) is 37.8 Å². The minimum atomic E-state index is 0.403. The Morgan fingerprint density at radius 2 is 1.90 bits per heavy atom. The summed E-state index contributed by atoms with van der Waals surface area (Å²) in [6.45, 7) is 5.22. The van der Waals surface area contributed by atoms with Crippen molar-refractivity contribution in [3.63, 3.8) is 0 Å². The van der Waals surface area contributed by atoms with E-state index in [-0.39, 0.29) is 0 Å². The normalized spacial score (nSPS) is 17.6. The number of fused-ring (bicyclic) bond motifs is 1. The number of benzene rings is 2. The highest BCUT2D eigenvalue weighted by Crippen LogP contribution is 2.37. The van der Waals surface area contributed by atoms with Gasteiger partial charge in [-0.2, -0.15) is 0 Å². The van der Waals surface area contributed by atoms with E-state index in [0.29, 0.717) is 6.04 Å². The topological polar surface area (TPSA) is 12.0 Å². The van der Waals surface area contributed by atoms with Gasteiger partial charge in [0.1, 0.15) is 0 Å². The zero-order valence-corrected chi connectivity index (χ0v) is 14.0. The minimum absolute atomic E-state index is 0.403. The molecule has 1 heterocycles. The van der Waals surface area contributed by atoms with E-state index in [1.165, 1.54) is 32.9 Å². The summed E-state index contributed by atoms with van der Waals surface area (Å²) in [5.74, 6) is 1.17. The van der Waals surface area contributed by atoms with Crippen LogP contribution >= 0.6 is 23.4 Å². The van der Waals surface area contributed by atoms with Gasteiger partial charge in [-0.3, -0.25) is 0 Å². The average Bonchev–Trinajstić information content (AvgIpc) is 2.44. The molecule has 21 heavy (non-hydrogen) atoms. The highest BCUT2D eigenvalue weighted by Gasteiger charge is 2.20. The molecule has 1 N–H and O–H groups in total. The molecule has 0 amide bonds. The van der Waals surface area contributed by atoms with Gasteiger partial charge >= 0.3 is 0 Å². The molecule has 3 rings (SSSR count). The summed E-state index contributed by atoms with van der Waals surface area (Å²) < 4.78 is 0. The summed E-state index contributed by atoms with van der Waals surface area (Å²) in [6.07, 6.45) is 1.16. The van der Waals surface area contributed by atoms with Crippen molar-refractivity contribution in [1.29, 1.82) is 0 Å². The van der Waals surface area contributed by atoms with E-state index in [0.717, 1.165) is 18.0 Å². The second-order valence-electron chi connectivity index (χ2n) is 5.75. The zero-order chi connectivity index (χ0) is 14.8. The van der Waals surface area contributed by atoms with Gasteiger partial charge in [-0.1, -0.05) is 40.9 Å². The molecule has 1 atom stereocenters. The van der Waals surface area contributed by atoms with Gasteiger partial charge in [0.05, 0.1) is 0 Å². The van der Waals surface area contributed by atoms with Crippen LogP contribution in [0.25, 0.3) is 0 Å². The van der Waals surface area contributed by atoms with Crippen LogP contribution in [-0.4, -0.2) is 5.75 Å². The first kappa shape index (κ1) is 15.0. The number of thioether (sulfide) groups is 1. The van der Waals surface area contributed by atoms with Crippen LogP contribution in [0.15, 0.2) is 41.3 Å². The maximum atomic E-state index is 6.16. The summed E-state index contributed by atoms with van der Waals surface area (Å²) in [4.78, 5) is 1.36. The maximum absolute atomic E-state index is 6.16. The largest absolute Gasteiger partial charge is 0.306 e. The lowest BCUT2D eigenvalue weighted by molar-refractivity contribution is 0.510. The number of halogens is 1. The third kappa shape index (κ3) is 3.63. The second kappa shape index (κ2) is 6.43. The third-order valence-electron chi connectivity index (χ3n) is 3.85. The van der Waals surface area contributed by atoms with Gasteiger partial charge in [-0.05, 0) is 55.3 Å². The number of aryl methyl sites for hydroxylation is 2. The smallest absolute Gasteiger partial charge is 0.0410 e. The Morgan fingerprint density at radius 1 is 1.14 bits per heavy atom. The summed E-state index contributed by atoms with van der Waals surface area (Å²) >= 11 is 8.09.